The second-order valence-electron chi connectivity index (χ2n) is 5.06. The van der Waals surface area contributed by atoms with E-state index >= 15 is 0 Å². The molecule has 1 unspecified atom stereocenters. The van der Waals surface area contributed by atoms with Gasteiger partial charge in [-0.2, -0.15) is 0 Å². The lowest BCUT2D eigenvalue weighted by molar-refractivity contribution is 0.0697. The molecule has 6 heteroatoms. The summed E-state index contributed by atoms with van der Waals surface area (Å²) in [6, 6.07) is 4.58. The van der Waals surface area contributed by atoms with E-state index < -0.39 is 5.97 Å². The summed E-state index contributed by atoms with van der Waals surface area (Å²) in [4.78, 5) is 24.9. The third kappa shape index (κ3) is 3.52. The van der Waals surface area contributed by atoms with Crippen LogP contribution in [0.5, 0.6) is 0 Å². The summed E-state index contributed by atoms with van der Waals surface area (Å²) in [7, 11) is 0. The topological polar surface area (TPSA) is 78.9 Å². The van der Waals surface area contributed by atoms with Gasteiger partial charge in [0.2, 0.25) is 0 Å². The second-order valence-corrected chi connectivity index (χ2v) is 5.06. The summed E-state index contributed by atoms with van der Waals surface area (Å²) in [6.45, 7) is 5.40. The molecule has 2 N–H and O–H groups in total. The molecule has 1 heterocycles. The van der Waals surface area contributed by atoms with Crippen LogP contribution in [0.3, 0.4) is 0 Å². The number of nitrogens with zero attached hydrogens (tertiary/aromatic N) is 1. The largest absolute Gasteiger partial charge is 0.478 e. The van der Waals surface area contributed by atoms with Crippen LogP contribution in [0.4, 0.5) is 10.5 Å². The number of nitrogens with one attached hydrogen (secondary N) is 1. The number of carbonyl (C=O) groups is 2. The van der Waals surface area contributed by atoms with Crippen molar-refractivity contribution in [2.45, 2.75) is 26.3 Å². The summed E-state index contributed by atoms with van der Waals surface area (Å²) < 4.78 is 5.27. The molecule has 1 aromatic rings. The summed E-state index contributed by atoms with van der Waals surface area (Å²) in [5.41, 5.74) is 1.86. The van der Waals surface area contributed by atoms with Crippen LogP contribution in [-0.4, -0.2) is 42.9 Å². The Bertz CT molecular complexity index is 544. The predicted octanol–water partition coefficient (Wildman–Crippen LogP) is 1.88. The highest BCUT2D eigenvalue weighted by Gasteiger charge is 2.26. The summed E-state index contributed by atoms with van der Waals surface area (Å²) in [5.74, 6) is -0.991. The van der Waals surface area contributed by atoms with E-state index in [9.17, 15) is 9.59 Å². The van der Waals surface area contributed by atoms with E-state index in [-0.39, 0.29) is 17.6 Å². The number of fused-ring (bicyclic) bond motifs is 1. The fourth-order valence-electron chi connectivity index (χ4n) is 2.35. The summed E-state index contributed by atoms with van der Waals surface area (Å²) in [6.07, 6.45) is 0.739. The van der Waals surface area contributed by atoms with E-state index in [1.54, 1.807) is 23.1 Å². The predicted molar refractivity (Wildman–Crippen MR) is 78.9 cm³/mol. The Hall–Kier alpha value is -2.08. The smallest absolute Gasteiger partial charge is 0.335 e. The number of ether oxygens (including phenoxy) is 1. The van der Waals surface area contributed by atoms with Crippen LogP contribution in [-0.2, 0) is 11.2 Å². The Balaban J connectivity index is 2.08. The summed E-state index contributed by atoms with van der Waals surface area (Å²) >= 11 is 0. The lowest BCUT2D eigenvalue weighted by atomic mass is 10.1. The van der Waals surface area contributed by atoms with Gasteiger partial charge in [-0.1, -0.05) is 6.07 Å². The van der Waals surface area contributed by atoms with Crippen LogP contribution in [0.25, 0.3) is 0 Å². The van der Waals surface area contributed by atoms with Crippen LogP contribution < -0.4 is 10.2 Å². The lowest BCUT2D eigenvalue weighted by Crippen LogP contribution is -2.44. The maximum atomic E-state index is 12.3. The number of benzene rings is 1. The average Bonchev–Trinajstić information content (AvgIpc) is 2.87. The van der Waals surface area contributed by atoms with Crippen molar-refractivity contribution in [2.75, 3.05) is 24.7 Å². The molecule has 1 aromatic carbocycles. The molecule has 1 aliphatic heterocycles. The first-order chi connectivity index (χ1) is 10.0. The normalized spacial score (nSPS) is 14.7. The van der Waals surface area contributed by atoms with Gasteiger partial charge in [-0.3, -0.25) is 4.90 Å². The Labute approximate surface area is 123 Å². The van der Waals surface area contributed by atoms with Crippen LogP contribution in [0.1, 0.15) is 29.8 Å². The van der Waals surface area contributed by atoms with E-state index in [1.165, 1.54) is 0 Å². The van der Waals surface area contributed by atoms with Crippen LogP contribution in [0, 0.1) is 0 Å². The van der Waals surface area contributed by atoms with Crippen molar-refractivity contribution >= 4 is 17.7 Å². The highest BCUT2D eigenvalue weighted by Crippen LogP contribution is 2.29. The molecule has 1 aliphatic rings. The van der Waals surface area contributed by atoms with Crippen LogP contribution in [0.15, 0.2) is 18.2 Å². The van der Waals surface area contributed by atoms with Crippen LogP contribution >= 0.6 is 0 Å². The zero-order valence-corrected chi connectivity index (χ0v) is 12.3. The molecule has 0 saturated heterocycles. The van der Waals surface area contributed by atoms with Crippen molar-refractivity contribution in [3.8, 4) is 0 Å². The maximum Gasteiger partial charge on any atom is 0.335 e. The number of aromatic carboxylic acids is 1. The molecule has 0 saturated carbocycles. The number of carboxylic acids is 1. The minimum absolute atomic E-state index is 0.0934. The number of anilines is 1. The Morgan fingerprint density at radius 2 is 2.24 bits per heavy atom. The highest BCUT2D eigenvalue weighted by atomic mass is 16.5. The Morgan fingerprint density at radius 1 is 1.48 bits per heavy atom. The van der Waals surface area contributed by atoms with Crippen molar-refractivity contribution in [3.05, 3.63) is 29.3 Å². The van der Waals surface area contributed by atoms with Crippen molar-refractivity contribution < 1.29 is 19.4 Å². The van der Waals surface area contributed by atoms with Crippen molar-refractivity contribution in [3.63, 3.8) is 0 Å². The molecule has 2 amide bonds. The van der Waals surface area contributed by atoms with E-state index in [0.717, 1.165) is 12.0 Å². The van der Waals surface area contributed by atoms with Crippen molar-refractivity contribution in [1.29, 1.82) is 0 Å². The monoisotopic (exact) mass is 292 g/mol. The van der Waals surface area contributed by atoms with Gasteiger partial charge in [0.15, 0.2) is 0 Å². The molecular weight excluding hydrogens is 272 g/mol. The molecule has 1 atom stereocenters. The first kappa shape index (κ1) is 15.3. The molecule has 0 fully saturated rings. The third-order valence-electron chi connectivity index (χ3n) is 3.41. The number of hydrogen-bond donors (Lipinski definition) is 2. The molecule has 21 heavy (non-hydrogen) atoms. The molecule has 2 rings (SSSR count). The first-order valence-corrected chi connectivity index (χ1v) is 7.05. The first-order valence-electron chi connectivity index (χ1n) is 7.05. The Kier molecular flexibility index (Phi) is 4.80. The number of carboxylic acid groups (broad SMARTS) is 1. The molecule has 0 bridgehead atoms. The van der Waals surface area contributed by atoms with Crippen molar-refractivity contribution in [2.24, 2.45) is 0 Å². The van der Waals surface area contributed by atoms with Gasteiger partial charge < -0.3 is 15.2 Å². The molecular formula is C15H20N2O4. The van der Waals surface area contributed by atoms with E-state index in [1.807, 2.05) is 13.8 Å². The molecule has 0 aromatic heterocycles. The van der Waals surface area contributed by atoms with Gasteiger partial charge in [-0.25, -0.2) is 9.59 Å². The lowest BCUT2D eigenvalue weighted by Gasteiger charge is -2.21. The van der Waals surface area contributed by atoms with Gasteiger partial charge in [0, 0.05) is 18.8 Å². The summed E-state index contributed by atoms with van der Waals surface area (Å²) in [5, 5.41) is 11.9. The van der Waals surface area contributed by atoms with E-state index in [2.05, 4.69) is 5.32 Å². The fourth-order valence-corrected chi connectivity index (χ4v) is 2.35. The molecule has 0 spiro atoms. The van der Waals surface area contributed by atoms with Gasteiger partial charge in [0.1, 0.15) is 0 Å². The van der Waals surface area contributed by atoms with E-state index in [4.69, 9.17) is 9.84 Å². The Morgan fingerprint density at radius 3 is 2.90 bits per heavy atom. The zero-order chi connectivity index (χ0) is 15.4. The van der Waals surface area contributed by atoms with Gasteiger partial charge in [0.25, 0.3) is 0 Å². The van der Waals surface area contributed by atoms with E-state index in [0.29, 0.717) is 25.4 Å². The standard InChI is InChI=1S/C15H20N2O4/c1-3-21-9-10(2)16-15(20)17-7-6-11-4-5-12(14(18)19)8-13(11)17/h4-5,8,10H,3,6-7,9H2,1-2H3,(H,16,20)(H,18,19). The molecule has 114 valence electrons. The number of hydrogen-bond acceptors (Lipinski definition) is 3. The average molecular weight is 292 g/mol. The van der Waals surface area contributed by atoms with Crippen molar-refractivity contribution in [1.82, 2.24) is 5.32 Å². The van der Waals surface area contributed by atoms with Gasteiger partial charge in [-0.05, 0) is 38.0 Å². The second kappa shape index (κ2) is 6.58. The van der Waals surface area contributed by atoms with Gasteiger partial charge in [0.05, 0.1) is 18.2 Å². The molecule has 0 radical (unpaired) electrons. The third-order valence-corrected chi connectivity index (χ3v) is 3.41. The van der Waals surface area contributed by atoms with Crippen LogP contribution in [0.2, 0.25) is 0 Å². The van der Waals surface area contributed by atoms with Gasteiger partial charge >= 0.3 is 12.0 Å². The van der Waals surface area contributed by atoms with Gasteiger partial charge in [-0.15, -0.1) is 0 Å². The fraction of sp³-hybridized carbons (Fsp3) is 0.467. The number of urea groups is 1. The SMILES string of the molecule is CCOCC(C)NC(=O)N1CCc2ccc(C(=O)O)cc21. The highest BCUT2D eigenvalue weighted by molar-refractivity contribution is 5.97. The molecule has 0 aliphatic carbocycles. The minimum Gasteiger partial charge on any atom is -0.478 e. The minimum atomic E-state index is -0.991. The zero-order valence-electron chi connectivity index (χ0n) is 12.3. The maximum absolute atomic E-state index is 12.3. The number of rotatable bonds is 5. The number of carbonyl (C=O) groups excluding carboxylic acids is 1. The number of amides is 2. The quantitative estimate of drug-likeness (QED) is 0.868. The molecule has 6 nitrogen and oxygen atoms in total.